The third-order valence-corrected chi connectivity index (χ3v) is 5.39. The second kappa shape index (κ2) is 8.70. The largest absolute Gasteiger partial charge is 0.332 e. The van der Waals surface area contributed by atoms with Crippen molar-refractivity contribution in [2.45, 2.75) is 4.90 Å². The van der Waals surface area contributed by atoms with Crippen molar-refractivity contribution in [3.05, 3.63) is 66.2 Å². The van der Waals surface area contributed by atoms with Gasteiger partial charge in [-0.05, 0) is 48.1 Å². The minimum absolute atomic E-state index is 0.121. The van der Waals surface area contributed by atoms with Crippen molar-refractivity contribution in [2.75, 3.05) is 19.4 Å². The van der Waals surface area contributed by atoms with Crippen molar-refractivity contribution in [3.8, 4) is 0 Å². The van der Waals surface area contributed by atoms with Crippen molar-refractivity contribution >= 4 is 45.0 Å². The van der Waals surface area contributed by atoms with Crippen molar-refractivity contribution < 1.29 is 13.2 Å². The fourth-order valence-electron chi connectivity index (χ4n) is 1.97. The molecule has 0 radical (unpaired) electrons. The van der Waals surface area contributed by atoms with Gasteiger partial charge in [-0.3, -0.25) is 10.1 Å². The van der Waals surface area contributed by atoms with Gasteiger partial charge in [0.2, 0.25) is 15.9 Å². The Morgan fingerprint density at radius 1 is 1.04 bits per heavy atom. The molecule has 6 nitrogen and oxygen atoms in total. The van der Waals surface area contributed by atoms with E-state index in [1.165, 1.54) is 32.3 Å². The number of nitrogens with zero attached hydrogens (tertiary/aromatic N) is 1. The van der Waals surface area contributed by atoms with Gasteiger partial charge in [0.25, 0.3) is 0 Å². The van der Waals surface area contributed by atoms with Gasteiger partial charge < -0.3 is 5.32 Å². The first-order chi connectivity index (χ1) is 12.3. The van der Waals surface area contributed by atoms with E-state index >= 15 is 0 Å². The highest BCUT2D eigenvalue weighted by Gasteiger charge is 2.16. The molecule has 0 atom stereocenters. The summed E-state index contributed by atoms with van der Waals surface area (Å²) in [5.41, 5.74) is 1.47. The first-order valence-electron chi connectivity index (χ1n) is 7.67. The van der Waals surface area contributed by atoms with Gasteiger partial charge in [0.15, 0.2) is 5.11 Å². The van der Waals surface area contributed by atoms with E-state index in [1.54, 1.807) is 18.2 Å². The lowest BCUT2D eigenvalue weighted by Gasteiger charge is -2.12. The van der Waals surface area contributed by atoms with Gasteiger partial charge in [0.05, 0.1) is 4.90 Å². The van der Waals surface area contributed by atoms with Crippen LogP contribution in [-0.2, 0) is 14.8 Å². The molecule has 0 heterocycles. The Morgan fingerprint density at radius 3 is 2.23 bits per heavy atom. The van der Waals surface area contributed by atoms with E-state index in [0.29, 0.717) is 5.69 Å². The van der Waals surface area contributed by atoms with Crippen LogP contribution in [0.4, 0.5) is 5.69 Å². The van der Waals surface area contributed by atoms with Gasteiger partial charge >= 0.3 is 0 Å². The van der Waals surface area contributed by atoms with E-state index in [2.05, 4.69) is 10.6 Å². The van der Waals surface area contributed by atoms with Crippen LogP contribution in [0.2, 0.25) is 0 Å². The number of carbonyl (C=O) groups excluding carboxylic acids is 1. The van der Waals surface area contributed by atoms with E-state index < -0.39 is 10.0 Å². The molecule has 26 heavy (non-hydrogen) atoms. The molecule has 0 bridgehead atoms. The molecule has 0 fully saturated rings. The molecule has 2 aromatic rings. The maximum absolute atomic E-state index is 12.0. The fraction of sp³-hybridized carbons (Fsp3) is 0.111. The van der Waals surface area contributed by atoms with Gasteiger partial charge in [-0.15, -0.1) is 0 Å². The predicted octanol–water partition coefficient (Wildman–Crippen LogP) is 2.46. The number of anilines is 1. The zero-order valence-corrected chi connectivity index (χ0v) is 16.0. The lowest BCUT2D eigenvalue weighted by molar-refractivity contribution is -0.115. The molecule has 8 heteroatoms. The monoisotopic (exact) mass is 389 g/mol. The first kappa shape index (κ1) is 19.8. The summed E-state index contributed by atoms with van der Waals surface area (Å²) in [5, 5.41) is 5.49. The average molecular weight is 390 g/mol. The van der Waals surface area contributed by atoms with Crippen LogP contribution in [0.1, 0.15) is 5.56 Å². The SMILES string of the molecule is CN(C)S(=O)(=O)c1ccc(NC(=S)NC(=O)/C=C\c2ccccc2)cc1. The number of amides is 1. The highest BCUT2D eigenvalue weighted by Crippen LogP contribution is 2.16. The molecule has 2 N–H and O–H groups in total. The summed E-state index contributed by atoms with van der Waals surface area (Å²) in [6.45, 7) is 0. The van der Waals surface area contributed by atoms with Crippen LogP contribution in [0.5, 0.6) is 0 Å². The van der Waals surface area contributed by atoms with Crippen LogP contribution in [0.3, 0.4) is 0 Å². The van der Waals surface area contributed by atoms with Crippen molar-refractivity contribution in [2.24, 2.45) is 0 Å². The third-order valence-electron chi connectivity index (χ3n) is 3.35. The molecule has 2 rings (SSSR count). The number of sulfonamides is 1. The molecule has 0 spiro atoms. The van der Waals surface area contributed by atoms with Gasteiger partial charge in [0, 0.05) is 25.9 Å². The molecule has 2 aromatic carbocycles. The molecular weight excluding hydrogens is 370 g/mol. The predicted molar refractivity (Wildman–Crippen MR) is 107 cm³/mol. The molecule has 1 amide bonds. The number of nitrogens with one attached hydrogen (secondary N) is 2. The summed E-state index contributed by atoms with van der Waals surface area (Å²) in [4.78, 5) is 12.0. The Bertz CT molecular complexity index is 906. The number of thiocarbonyl (C=S) groups is 1. The van der Waals surface area contributed by atoms with Crippen molar-refractivity contribution in [3.63, 3.8) is 0 Å². The summed E-state index contributed by atoms with van der Waals surface area (Å²) in [6, 6.07) is 15.5. The number of hydrogen-bond donors (Lipinski definition) is 2. The quantitative estimate of drug-likeness (QED) is 0.607. The zero-order valence-electron chi connectivity index (χ0n) is 14.3. The Hall–Kier alpha value is -2.55. The molecule has 0 saturated carbocycles. The molecule has 0 aliphatic rings. The van der Waals surface area contributed by atoms with Crippen LogP contribution in [0.15, 0.2) is 65.6 Å². The Kier molecular flexibility index (Phi) is 6.62. The summed E-state index contributed by atoms with van der Waals surface area (Å²) in [6.07, 6.45) is 3.06. The standard InChI is InChI=1S/C18H19N3O3S2/c1-21(2)26(23,24)16-11-9-15(10-12-16)19-18(25)20-17(22)13-8-14-6-4-3-5-7-14/h3-13H,1-2H3,(H2,19,20,22,25)/b13-8-. The smallest absolute Gasteiger partial charge is 0.250 e. The highest BCUT2D eigenvalue weighted by atomic mass is 32.2. The molecule has 136 valence electrons. The lowest BCUT2D eigenvalue weighted by Crippen LogP contribution is -2.32. The Balaban J connectivity index is 1.93. The second-order valence-electron chi connectivity index (χ2n) is 5.50. The molecule has 0 aliphatic heterocycles. The van der Waals surface area contributed by atoms with Crippen LogP contribution in [0.25, 0.3) is 6.08 Å². The normalized spacial score (nSPS) is 11.5. The fourth-order valence-corrected chi connectivity index (χ4v) is 3.09. The van der Waals surface area contributed by atoms with Crippen LogP contribution in [0, 0.1) is 0 Å². The molecule has 0 unspecified atom stereocenters. The lowest BCUT2D eigenvalue weighted by atomic mass is 10.2. The second-order valence-corrected chi connectivity index (χ2v) is 8.06. The summed E-state index contributed by atoms with van der Waals surface area (Å²) in [7, 11) is -0.546. The molecule has 0 aromatic heterocycles. The van der Waals surface area contributed by atoms with E-state index in [9.17, 15) is 13.2 Å². The van der Waals surface area contributed by atoms with Crippen molar-refractivity contribution in [1.82, 2.24) is 9.62 Å². The number of rotatable bonds is 5. The van der Waals surface area contributed by atoms with Crippen LogP contribution >= 0.6 is 12.2 Å². The summed E-state index contributed by atoms with van der Waals surface area (Å²) < 4.78 is 25.2. The average Bonchev–Trinajstić information content (AvgIpc) is 2.61. The molecule has 0 saturated heterocycles. The van der Waals surface area contributed by atoms with Gasteiger partial charge in [-0.2, -0.15) is 0 Å². The highest BCUT2D eigenvalue weighted by molar-refractivity contribution is 7.89. The van der Waals surface area contributed by atoms with E-state index in [4.69, 9.17) is 12.2 Å². The Morgan fingerprint density at radius 2 is 1.65 bits per heavy atom. The van der Waals surface area contributed by atoms with Gasteiger partial charge in [-0.25, -0.2) is 12.7 Å². The Labute approximate surface area is 158 Å². The first-order valence-corrected chi connectivity index (χ1v) is 9.51. The number of hydrogen-bond acceptors (Lipinski definition) is 4. The van der Waals surface area contributed by atoms with Crippen molar-refractivity contribution in [1.29, 1.82) is 0 Å². The zero-order chi connectivity index (χ0) is 19.2. The molecule has 0 aliphatic carbocycles. The third kappa shape index (κ3) is 5.48. The van der Waals surface area contributed by atoms with E-state index in [0.717, 1.165) is 9.87 Å². The topological polar surface area (TPSA) is 78.5 Å². The number of carbonyl (C=O) groups is 1. The minimum atomic E-state index is -3.48. The van der Waals surface area contributed by atoms with Crippen LogP contribution in [-0.4, -0.2) is 37.8 Å². The van der Waals surface area contributed by atoms with E-state index in [1.807, 2.05) is 30.3 Å². The maximum Gasteiger partial charge on any atom is 0.250 e. The van der Waals surface area contributed by atoms with Gasteiger partial charge in [0.1, 0.15) is 0 Å². The van der Waals surface area contributed by atoms with Gasteiger partial charge in [-0.1, -0.05) is 30.3 Å². The number of benzene rings is 2. The van der Waals surface area contributed by atoms with E-state index in [-0.39, 0.29) is 15.9 Å². The maximum atomic E-state index is 12.0. The molecular formula is C18H19N3O3S2. The summed E-state index contributed by atoms with van der Waals surface area (Å²) in [5.74, 6) is -0.363. The van der Waals surface area contributed by atoms with Crippen LogP contribution < -0.4 is 10.6 Å². The summed E-state index contributed by atoms with van der Waals surface area (Å²) >= 11 is 5.09. The minimum Gasteiger partial charge on any atom is -0.332 e.